The van der Waals surface area contributed by atoms with E-state index in [0.717, 1.165) is 12.8 Å². The minimum Gasteiger partial charge on any atom is -0.465 e. The van der Waals surface area contributed by atoms with E-state index < -0.39 is 24.3 Å². The second kappa shape index (κ2) is 8.38. The van der Waals surface area contributed by atoms with Crippen molar-refractivity contribution in [2.75, 3.05) is 6.54 Å². The molecule has 0 heterocycles. The number of rotatable bonds is 8. The van der Waals surface area contributed by atoms with Crippen LogP contribution in [0.15, 0.2) is 30.3 Å². The van der Waals surface area contributed by atoms with Crippen LogP contribution in [0.1, 0.15) is 25.8 Å². The Morgan fingerprint density at radius 1 is 1.17 bits per heavy atom. The number of hydrogen-bond acceptors (Lipinski definition) is 3. The summed E-state index contributed by atoms with van der Waals surface area (Å²) >= 11 is 0. The fourth-order valence-electron chi connectivity index (χ4n) is 2.45. The largest absolute Gasteiger partial charge is 0.465 e. The van der Waals surface area contributed by atoms with Crippen LogP contribution in [0.4, 0.5) is 9.59 Å². The van der Waals surface area contributed by atoms with E-state index in [2.05, 4.69) is 10.6 Å². The maximum absolute atomic E-state index is 10.9. The Hall–Kier alpha value is -2.28. The maximum Gasteiger partial charge on any atom is 0.404 e. The molecule has 23 heavy (non-hydrogen) atoms. The average Bonchev–Trinajstić information content (AvgIpc) is 2.49. The Morgan fingerprint density at radius 3 is 2.30 bits per heavy atom. The van der Waals surface area contributed by atoms with Gasteiger partial charge in [-0.15, -0.1) is 0 Å². The summed E-state index contributed by atoms with van der Waals surface area (Å²) in [5.41, 5.74) is 7.04. The molecule has 1 aromatic carbocycles. The number of hydrogen-bond donors (Lipinski definition) is 5. The van der Waals surface area contributed by atoms with Crippen LogP contribution in [0.2, 0.25) is 0 Å². The fraction of sp³-hybridized carbons (Fsp3) is 0.500. The quantitative estimate of drug-likeness (QED) is 0.499. The lowest BCUT2D eigenvalue weighted by Crippen LogP contribution is -2.58. The minimum absolute atomic E-state index is 0.0719. The van der Waals surface area contributed by atoms with Crippen LogP contribution in [-0.4, -0.2) is 41.0 Å². The van der Waals surface area contributed by atoms with Crippen LogP contribution < -0.4 is 16.4 Å². The monoisotopic (exact) mass is 323 g/mol. The summed E-state index contributed by atoms with van der Waals surface area (Å²) in [6.45, 7) is 3.84. The first-order valence-corrected chi connectivity index (χ1v) is 7.48. The number of carboxylic acid groups (broad SMARTS) is 2. The Bertz CT molecular complexity index is 519. The first-order valence-electron chi connectivity index (χ1n) is 7.48. The number of nitrogens with two attached hydrogens (primary N) is 1. The van der Waals surface area contributed by atoms with E-state index in [0.29, 0.717) is 0 Å². The van der Waals surface area contributed by atoms with Crippen molar-refractivity contribution in [3.63, 3.8) is 0 Å². The van der Waals surface area contributed by atoms with Crippen molar-refractivity contribution in [1.29, 1.82) is 0 Å². The molecule has 0 bridgehead atoms. The molecule has 0 aliphatic rings. The van der Waals surface area contributed by atoms with Crippen LogP contribution >= 0.6 is 0 Å². The summed E-state index contributed by atoms with van der Waals surface area (Å²) in [5.74, 6) is 0. The third-order valence-electron chi connectivity index (χ3n) is 4.02. The molecule has 1 aromatic rings. The van der Waals surface area contributed by atoms with Gasteiger partial charge in [0.25, 0.3) is 0 Å². The lowest BCUT2D eigenvalue weighted by Gasteiger charge is -2.37. The predicted molar refractivity (Wildman–Crippen MR) is 87.5 cm³/mol. The predicted octanol–water partition coefficient (Wildman–Crippen LogP) is 1.88. The maximum atomic E-state index is 10.9. The first-order chi connectivity index (χ1) is 10.7. The molecular formula is C16H25N3O4. The second-order valence-electron chi connectivity index (χ2n) is 6.24. The Labute approximate surface area is 135 Å². The molecule has 7 heteroatoms. The summed E-state index contributed by atoms with van der Waals surface area (Å²) < 4.78 is 0. The van der Waals surface area contributed by atoms with Gasteiger partial charge in [-0.05, 0) is 23.8 Å². The molecule has 6 N–H and O–H groups in total. The highest BCUT2D eigenvalue weighted by molar-refractivity contribution is 5.66. The van der Waals surface area contributed by atoms with Crippen LogP contribution in [-0.2, 0) is 6.42 Å². The molecule has 0 aromatic heterocycles. The second-order valence-corrected chi connectivity index (χ2v) is 6.24. The van der Waals surface area contributed by atoms with Crippen molar-refractivity contribution >= 4 is 12.2 Å². The highest BCUT2D eigenvalue weighted by atomic mass is 16.4. The Kier molecular flexibility index (Phi) is 6.84. The van der Waals surface area contributed by atoms with Gasteiger partial charge in [0.15, 0.2) is 0 Å². The topological polar surface area (TPSA) is 125 Å². The van der Waals surface area contributed by atoms with E-state index in [-0.39, 0.29) is 12.0 Å². The normalized spacial score (nSPS) is 13.9. The molecule has 128 valence electrons. The molecule has 0 fully saturated rings. The van der Waals surface area contributed by atoms with Gasteiger partial charge >= 0.3 is 12.2 Å². The summed E-state index contributed by atoms with van der Waals surface area (Å²) in [6, 6.07) is 8.71. The number of carbonyl (C=O) groups is 2. The molecule has 0 saturated heterocycles. The van der Waals surface area contributed by atoms with Crippen molar-refractivity contribution in [3.05, 3.63) is 35.9 Å². The molecular weight excluding hydrogens is 298 g/mol. The van der Waals surface area contributed by atoms with Crippen molar-refractivity contribution < 1.29 is 19.8 Å². The van der Waals surface area contributed by atoms with Crippen molar-refractivity contribution in [2.24, 2.45) is 11.1 Å². The molecule has 2 amide bonds. The van der Waals surface area contributed by atoms with Crippen LogP contribution in [0.5, 0.6) is 0 Å². The van der Waals surface area contributed by atoms with Gasteiger partial charge in [-0.3, -0.25) is 0 Å². The number of aryl methyl sites for hydroxylation is 1. The summed E-state index contributed by atoms with van der Waals surface area (Å²) in [5, 5.41) is 22.1. The molecule has 0 unspecified atom stereocenters. The van der Waals surface area contributed by atoms with E-state index >= 15 is 0 Å². The van der Waals surface area contributed by atoms with E-state index in [1.165, 1.54) is 5.56 Å². The first kappa shape index (κ1) is 18.8. The number of nitrogens with one attached hydrogen (secondary N) is 2. The van der Waals surface area contributed by atoms with Gasteiger partial charge in [0.1, 0.15) is 0 Å². The van der Waals surface area contributed by atoms with E-state index in [1.54, 1.807) is 0 Å². The fourth-order valence-corrected chi connectivity index (χ4v) is 2.45. The summed E-state index contributed by atoms with van der Waals surface area (Å²) in [4.78, 5) is 21.6. The molecule has 0 aliphatic carbocycles. The SMILES string of the molecule is CC(C)(CCc1ccccc1)[C@H](N)[C@H](CNC(=O)O)NC(=O)O. The molecule has 0 spiro atoms. The molecule has 7 nitrogen and oxygen atoms in total. The van der Waals surface area contributed by atoms with Crippen LogP contribution in [0.25, 0.3) is 0 Å². The highest BCUT2D eigenvalue weighted by Crippen LogP contribution is 2.28. The number of amides is 2. The van der Waals surface area contributed by atoms with Gasteiger partial charge < -0.3 is 26.6 Å². The van der Waals surface area contributed by atoms with E-state index in [4.69, 9.17) is 15.9 Å². The van der Waals surface area contributed by atoms with Gasteiger partial charge in [-0.2, -0.15) is 0 Å². The molecule has 0 aliphatic heterocycles. The zero-order valence-corrected chi connectivity index (χ0v) is 13.5. The standard InChI is InChI=1S/C16H25N3O4/c1-16(2,9-8-11-6-4-3-5-7-11)13(17)12(19-15(22)23)10-18-14(20)21/h3-7,12-13,18-19H,8-10,17H2,1-2H3,(H,20,21)(H,22,23)/t12-,13+/m0/s1. The van der Waals surface area contributed by atoms with E-state index in [9.17, 15) is 9.59 Å². The Balaban J connectivity index is 2.71. The van der Waals surface area contributed by atoms with Gasteiger partial charge in [0.05, 0.1) is 6.04 Å². The molecule has 1 rings (SSSR count). The van der Waals surface area contributed by atoms with Gasteiger partial charge in [0, 0.05) is 12.6 Å². The average molecular weight is 323 g/mol. The highest BCUT2D eigenvalue weighted by Gasteiger charge is 2.33. The zero-order valence-electron chi connectivity index (χ0n) is 13.5. The van der Waals surface area contributed by atoms with Gasteiger partial charge in [-0.25, -0.2) is 9.59 Å². The van der Waals surface area contributed by atoms with Gasteiger partial charge in [-0.1, -0.05) is 44.2 Å². The number of benzene rings is 1. The minimum atomic E-state index is -1.23. The Morgan fingerprint density at radius 2 is 1.78 bits per heavy atom. The van der Waals surface area contributed by atoms with E-state index in [1.807, 2.05) is 44.2 Å². The third kappa shape index (κ3) is 6.56. The summed E-state index contributed by atoms with van der Waals surface area (Å²) in [6.07, 6.45) is -0.871. The van der Waals surface area contributed by atoms with Crippen molar-refractivity contribution in [2.45, 2.75) is 38.8 Å². The third-order valence-corrected chi connectivity index (χ3v) is 4.02. The smallest absolute Gasteiger partial charge is 0.404 e. The lowest BCUT2D eigenvalue weighted by atomic mass is 9.76. The lowest BCUT2D eigenvalue weighted by molar-refractivity contribution is 0.165. The molecule has 0 saturated carbocycles. The van der Waals surface area contributed by atoms with Crippen molar-refractivity contribution in [3.8, 4) is 0 Å². The molecule has 0 radical (unpaired) electrons. The van der Waals surface area contributed by atoms with Crippen LogP contribution in [0, 0.1) is 5.41 Å². The molecule has 2 atom stereocenters. The summed E-state index contributed by atoms with van der Waals surface area (Å²) in [7, 11) is 0. The van der Waals surface area contributed by atoms with Gasteiger partial charge in [0.2, 0.25) is 0 Å². The van der Waals surface area contributed by atoms with Crippen LogP contribution in [0.3, 0.4) is 0 Å². The van der Waals surface area contributed by atoms with Crippen molar-refractivity contribution in [1.82, 2.24) is 10.6 Å². The zero-order chi connectivity index (χ0) is 17.5.